The van der Waals surface area contributed by atoms with Crippen LogP contribution in [-0.2, 0) is 0 Å². The van der Waals surface area contributed by atoms with Gasteiger partial charge in [-0.25, -0.2) is 4.98 Å². The Labute approximate surface area is 156 Å². The van der Waals surface area contributed by atoms with E-state index in [9.17, 15) is 9.59 Å². The predicted octanol–water partition coefficient (Wildman–Crippen LogP) is 4.93. The van der Waals surface area contributed by atoms with Gasteiger partial charge in [0.25, 0.3) is 5.91 Å². The molecule has 0 aliphatic carbocycles. The first-order chi connectivity index (χ1) is 12.5. The third kappa shape index (κ3) is 4.46. The van der Waals surface area contributed by atoms with Crippen LogP contribution in [0.2, 0.25) is 5.02 Å². The first-order valence-corrected chi connectivity index (χ1v) is 8.30. The molecule has 2 N–H and O–H groups in total. The standard InChI is InChI=1S/C20H16ClN3O2/c1-13(25)14-5-7-17(8-6-14)23-18-9-10-19(22-12-18)24-20(26)15-3-2-4-16(21)11-15/h2-12,23H,1H3,(H,22,24,26). The first-order valence-electron chi connectivity index (χ1n) is 7.92. The second-order valence-corrected chi connectivity index (χ2v) is 6.09. The fraction of sp³-hybridized carbons (Fsp3) is 0.0500. The number of hydrogen-bond donors (Lipinski definition) is 2. The lowest BCUT2D eigenvalue weighted by Crippen LogP contribution is -2.12. The third-order valence-corrected chi connectivity index (χ3v) is 3.91. The fourth-order valence-corrected chi connectivity index (χ4v) is 2.51. The molecule has 0 radical (unpaired) electrons. The Morgan fingerprint density at radius 3 is 2.27 bits per heavy atom. The van der Waals surface area contributed by atoms with Gasteiger partial charge >= 0.3 is 0 Å². The van der Waals surface area contributed by atoms with Crippen molar-refractivity contribution < 1.29 is 9.59 Å². The maximum absolute atomic E-state index is 12.2. The number of ketones is 1. The second kappa shape index (κ2) is 7.80. The van der Waals surface area contributed by atoms with Crippen molar-refractivity contribution in [1.29, 1.82) is 0 Å². The summed E-state index contributed by atoms with van der Waals surface area (Å²) in [5.74, 6) is 0.186. The molecule has 3 rings (SSSR count). The summed E-state index contributed by atoms with van der Waals surface area (Å²) in [5.41, 5.74) is 2.73. The van der Waals surface area contributed by atoms with Gasteiger partial charge in [-0.15, -0.1) is 0 Å². The van der Waals surface area contributed by atoms with E-state index in [0.29, 0.717) is 22.0 Å². The number of hydrogen-bond acceptors (Lipinski definition) is 4. The van der Waals surface area contributed by atoms with E-state index in [-0.39, 0.29) is 11.7 Å². The van der Waals surface area contributed by atoms with Crippen molar-refractivity contribution in [2.24, 2.45) is 0 Å². The number of benzene rings is 2. The molecule has 0 unspecified atom stereocenters. The topological polar surface area (TPSA) is 71.1 Å². The molecule has 26 heavy (non-hydrogen) atoms. The molecule has 0 atom stereocenters. The fourth-order valence-electron chi connectivity index (χ4n) is 2.31. The van der Waals surface area contributed by atoms with Crippen molar-refractivity contribution in [2.75, 3.05) is 10.6 Å². The van der Waals surface area contributed by atoms with E-state index in [1.807, 2.05) is 12.1 Å². The number of pyridine rings is 1. The lowest BCUT2D eigenvalue weighted by Gasteiger charge is -2.08. The van der Waals surface area contributed by atoms with Gasteiger partial charge < -0.3 is 10.6 Å². The largest absolute Gasteiger partial charge is 0.354 e. The van der Waals surface area contributed by atoms with Gasteiger partial charge in [0.2, 0.25) is 0 Å². The minimum absolute atomic E-state index is 0.0259. The van der Waals surface area contributed by atoms with Crippen molar-refractivity contribution in [3.05, 3.63) is 83.0 Å². The summed E-state index contributed by atoms with van der Waals surface area (Å²) in [6.07, 6.45) is 1.62. The molecule has 1 aromatic heterocycles. The number of aromatic nitrogens is 1. The van der Waals surface area contributed by atoms with Crippen molar-refractivity contribution in [1.82, 2.24) is 4.98 Å². The zero-order chi connectivity index (χ0) is 18.5. The van der Waals surface area contributed by atoms with Gasteiger partial charge in [0.1, 0.15) is 5.82 Å². The predicted molar refractivity (Wildman–Crippen MR) is 103 cm³/mol. The van der Waals surface area contributed by atoms with Gasteiger partial charge in [-0.05, 0) is 61.5 Å². The molecule has 1 heterocycles. The Hall–Kier alpha value is -3.18. The van der Waals surface area contributed by atoms with E-state index in [1.54, 1.807) is 54.7 Å². The zero-order valence-corrected chi connectivity index (χ0v) is 14.7. The Bertz CT molecular complexity index is 938. The lowest BCUT2D eigenvalue weighted by atomic mass is 10.1. The van der Waals surface area contributed by atoms with Gasteiger partial charge in [-0.2, -0.15) is 0 Å². The maximum Gasteiger partial charge on any atom is 0.256 e. The van der Waals surface area contributed by atoms with Gasteiger partial charge in [-0.1, -0.05) is 17.7 Å². The number of carbonyl (C=O) groups is 2. The highest BCUT2D eigenvalue weighted by molar-refractivity contribution is 6.31. The highest BCUT2D eigenvalue weighted by Crippen LogP contribution is 2.18. The van der Waals surface area contributed by atoms with Crippen molar-refractivity contribution in [3.8, 4) is 0 Å². The molecule has 2 aromatic carbocycles. The molecule has 3 aromatic rings. The Balaban J connectivity index is 1.64. The molecule has 1 amide bonds. The minimum Gasteiger partial charge on any atom is -0.354 e. The summed E-state index contributed by atoms with van der Waals surface area (Å²) in [6.45, 7) is 1.53. The Morgan fingerprint density at radius 2 is 1.65 bits per heavy atom. The Morgan fingerprint density at radius 1 is 0.923 bits per heavy atom. The van der Waals surface area contributed by atoms with Crippen LogP contribution < -0.4 is 10.6 Å². The highest BCUT2D eigenvalue weighted by Gasteiger charge is 2.07. The van der Waals surface area contributed by atoms with Gasteiger partial charge in [0.05, 0.1) is 11.9 Å². The SMILES string of the molecule is CC(=O)c1ccc(Nc2ccc(NC(=O)c3cccc(Cl)c3)nc2)cc1. The normalized spacial score (nSPS) is 10.2. The van der Waals surface area contributed by atoms with Gasteiger partial charge in [0.15, 0.2) is 5.78 Å². The van der Waals surface area contributed by atoms with Crippen LogP contribution in [-0.4, -0.2) is 16.7 Å². The molecule has 0 saturated carbocycles. The van der Waals surface area contributed by atoms with Crippen LogP contribution in [0.1, 0.15) is 27.6 Å². The van der Waals surface area contributed by atoms with E-state index in [1.165, 1.54) is 6.92 Å². The molecule has 0 spiro atoms. The number of rotatable bonds is 5. The van der Waals surface area contributed by atoms with E-state index in [2.05, 4.69) is 15.6 Å². The number of nitrogens with zero attached hydrogens (tertiary/aromatic N) is 1. The van der Waals surface area contributed by atoms with Gasteiger partial charge in [-0.3, -0.25) is 9.59 Å². The number of halogens is 1. The van der Waals surface area contributed by atoms with E-state index in [4.69, 9.17) is 11.6 Å². The molecule has 5 nitrogen and oxygen atoms in total. The molecule has 6 heteroatoms. The van der Waals surface area contributed by atoms with Crippen LogP contribution >= 0.6 is 11.6 Å². The van der Waals surface area contributed by atoms with Crippen LogP contribution in [0.5, 0.6) is 0 Å². The summed E-state index contributed by atoms with van der Waals surface area (Å²) in [7, 11) is 0. The summed E-state index contributed by atoms with van der Waals surface area (Å²) in [6, 6.07) is 17.4. The lowest BCUT2D eigenvalue weighted by molar-refractivity contribution is 0.101. The van der Waals surface area contributed by atoms with E-state index in [0.717, 1.165) is 11.4 Å². The molecular weight excluding hydrogens is 350 g/mol. The van der Waals surface area contributed by atoms with Crippen molar-refractivity contribution in [2.45, 2.75) is 6.92 Å². The van der Waals surface area contributed by atoms with Crippen molar-refractivity contribution >= 4 is 40.5 Å². The van der Waals surface area contributed by atoms with E-state index < -0.39 is 0 Å². The highest BCUT2D eigenvalue weighted by atomic mass is 35.5. The molecule has 0 aliphatic heterocycles. The molecular formula is C20H16ClN3O2. The number of Topliss-reactive ketones (excluding diaryl/α,β-unsaturated/α-hetero) is 1. The molecule has 0 fully saturated rings. The van der Waals surface area contributed by atoms with Crippen LogP contribution in [0.4, 0.5) is 17.2 Å². The molecule has 0 saturated heterocycles. The summed E-state index contributed by atoms with van der Waals surface area (Å²) in [5, 5.41) is 6.41. The average molecular weight is 366 g/mol. The van der Waals surface area contributed by atoms with Gasteiger partial charge in [0, 0.05) is 21.8 Å². The number of amides is 1. The summed E-state index contributed by atoms with van der Waals surface area (Å²) >= 11 is 5.89. The van der Waals surface area contributed by atoms with Crippen LogP contribution in [0.25, 0.3) is 0 Å². The zero-order valence-electron chi connectivity index (χ0n) is 14.0. The summed E-state index contributed by atoms with van der Waals surface area (Å²) < 4.78 is 0. The second-order valence-electron chi connectivity index (χ2n) is 5.66. The third-order valence-electron chi connectivity index (χ3n) is 3.67. The first kappa shape index (κ1) is 17.6. The minimum atomic E-state index is -0.277. The molecule has 0 bridgehead atoms. The summed E-state index contributed by atoms with van der Waals surface area (Å²) in [4.78, 5) is 27.7. The smallest absolute Gasteiger partial charge is 0.256 e. The number of anilines is 3. The van der Waals surface area contributed by atoms with E-state index >= 15 is 0 Å². The maximum atomic E-state index is 12.2. The van der Waals surface area contributed by atoms with Crippen LogP contribution in [0.15, 0.2) is 66.9 Å². The molecule has 0 aliphatic rings. The van der Waals surface area contributed by atoms with Crippen LogP contribution in [0.3, 0.4) is 0 Å². The average Bonchev–Trinajstić information content (AvgIpc) is 2.64. The number of nitrogens with one attached hydrogen (secondary N) is 2. The Kier molecular flexibility index (Phi) is 5.29. The van der Waals surface area contributed by atoms with Crippen LogP contribution in [0, 0.1) is 0 Å². The monoisotopic (exact) mass is 365 g/mol. The quantitative estimate of drug-likeness (QED) is 0.628. The molecule has 130 valence electrons. The number of carbonyl (C=O) groups excluding carboxylic acids is 2. The van der Waals surface area contributed by atoms with Crippen molar-refractivity contribution in [3.63, 3.8) is 0 Å².